The summed E-state index contributed by atoms with van der Waals surface area (Å²) < 4.78 is 10.6. The smallest absolute Gasteiger partial charge is 0.306 e. The summed E-state index contributed by atoms with van der Waals surface area (Å²) in [7, 11) is 3.19. The quantitative estimate of drug-likeness (QED) is 0.845. The van der Waals surface area contributed by atoms with E-state index in [2.05, 4.69) is 0 Å². The molecular formula is C14H20O4. The Balaban J connectivity index is 3.09. The van der Waals surface area contributed by atoms with Gasteiger partial charge in [0.15, 0.2) is 0 Å². The van der Waals surface area contributed by atoms with Gasteiger partial charge in [-0.3, -0.25) is 4.79 Å². The lowest BCUT2D eigenvalue weighted by molar-refractivity contribution is -0.141. The molecule has 1 aromatic carbocycles. The van der Waals surface area contributed by atoms with Gasteiger partial charge in [-0.25, -0.2) is 0 Å². The monoisotopic (exact) mass is 252 g/mol. The summed E-state index contributed by atoms with van der Waals surface area (Å²) in [5.74, 6) is 0.296. The number of aryl methyl sites for hydroxylation is 1. The van der Waals surface area contributed by atoms with Gasteiger partial charge in [0.2, 0.25) is 0 Å². The molecule has 0 aliphatic heterocycles. The molecule has 0 aliphatic rings. The molecule has 1 rings (SSSR count). The maximum atomic E-state index is 11.1. The molecule has 0 radical (unpaired) electrons. The summed E-state index contributed by atoms with van der Waals surface area (Å²) in [6, 6.07) is 3.74. The van der Waals surface area contributed by atoms with Crippen molar-refractivity contribution in [3.05, 3.63) is 23.3 Å². The standard InChI is InChI=1S/C14H20O4/c1-5-10(14(15)16)7-11-8-12(17-3)9(2)6-13(11)18-4/h6,8,10H,5,7H2,1-4H3,(H,15,16). The van der Waals surface area contributed by atoms with Crippen LogP contribution in [0, 0.1) is 12.8 Å². The Labute approximate surface area is 108 Å². The second kappa shape index (κ2) is 6.28. The van der Waals surface area contributed by atoms with E-state index in [4.69, 9.17) is 14.6 Å². The molecule has 100 valence electrons. The lowest BCUT2D eigenvalue weighted by atomic mass is 9.95. The van der Waals surface area contributed by atoms with E-state index in [1.807, 2.05) is 26.0 Å². The van der Waals surface area contributed by atoms with Gasteiger partial charge in [0.1, 0.15) is 11.5 Å². The maximum Gasteiger partial charge on any atom is 0.306 e. The molecule has 0 saturated heterocycles. The van der Waals surface area contributed by atoms with Crippen LogP contribution in [-0.2, 0) is 11.2 Å². The van der Waals surface area contributed by atoms with E-state index in [9.17, 15) is 4.79 Å². The molecule has 0 heterocycles. The van der Waals surface area contributed by atoms with Crippen LogP contribution in [0.3, 0.4) is 0 Å². The van der Waals surface area contributed by atoms with Crippen molar-refractivity contribution in [1.29, 1.82) is 0 Å². The van der Waals surface area contributed by atoms with E-state index in [0.29, 0.717) is 18.6 Å². The fraction of sp³-hybridized carbons (Fsp3) is 0.500. The SMILES string of the molecule is CCC(Cc1cc(OC)c(C)cc1OC)C(=O)O. The van der Waals surface area contributed by atoms with Crippen LogP contribution < -0.4 is 9.47 Å². The van der Waals surface area contributed by atoms with Gasteiger partial charge >= 0.3 is 5.97 Å². The van der Waals surface area contributed by atoms with Crippen molar-refractivity contribution in [3.63, 3.8) is 0 Å². The fourth-order valence-corrected chi connectivity index (χ4v) is 1.94. The molecule has 18 heavy (non-hydrogen) atoms. The van der Waals surface area contributed by atoms with Gasteiger partial charge in [0, 0.05) is 0 Å². The molecule has 0 saturated carbocycles. The van der Waals surface area contributed by atoms with E-state index in [1.165, 1.54) is 0 Å². The summed E-state index contributed by atoms with van der Waals surface area (Å²) in [4.78, 5) is 11.1. The van der Waals surface area contributed by atoms with E-state index >= 15 is 0 Å². The number of hydrogen-bond acceptors (Lipinski definition) is 3. The summed E-state index contributed by atoms with van der Waals surface area (Å²) in [6.45, 7) is 3.80. The second-order valence-electron chi connectivity index (χ2n) is 4.28. The third-order valence-corrected chi connectivity index (χ3v) is 3.11. The van der Waals surface area contributed by atoms with Gasteiger partial charge in [-0.05, 0) is 43.0 Å². The zero-order valence-corrected chi connectivity index (χ0v) is 11.3. The average Bonchev–Trinajstić information content (AvgIpc) is 2.36. The molecule has 0 aliphatic carbocycles. The van der Waals surface area contributed by atoms with Gasteiger partial charge < -0.3 is 14.6 Å². The van der Waals surface area contributed by atoms with Gasteiger partial charge in [-0.1, -0.05) is 6.92 Å². The van der Waals surface area contributed by atoms with Crippen LogP contribution >= 0.6 is 0 Å². The first-order valence-corrected chi connectivity index (χ1v) is 5.97. The Bertz CT molecular complexity index is 426. The molecule has 1 aromatic rings. The Morgan fingerprint density at radius 2 is 1.89 bits per heavy atom. The van der Waals surface area contributed by atoms with E-state index in [1.54, 1.807) is 14.2 Å². The molecule has 4 nitrogen and oxygen atoms in total. The van der Waals surface area contributed by atoms with Crippen LogP contribution in [0.4, 0.5) is 0 Å². The number of benzene rings is 1. The molecule has 0 amide bonds. The zero-order valence-electron chi connectivity index (χ0n) is 11.3. The van der Waals surface area contributed by atoms with Crippen LogP contribution in [0.1, 0.15) is 24.5 Å². The average molecular weight is 252 g/mol. The third-order valence-electron chi connectivity index (χ3n) is 3.11. The highest BCUT2D eigenvalue weighted by atomic mass is 16.5. The maximum absolute atomic E-state index is 11.1. The lowest BCUT2D eigenvalue weighted by Gasteiger charge is -2.15. The summed E-state index contributed by atoms with van der Waals surface area (Å²) in [6.07, 6.45) is 1.04. The normalized spacial score (nSPS) is 12.0. The minimum Gasteiger partial charge on any atom is -0.496 e. The number of carbonyl (C=O) groups is 1. The molecule has 0 spiro atoms. The molecule has 4 heteroatoms. The van der Waals surface area contributed by atoms with Crippen molar-refractivity contribution in [1.82, 2.24) is 0 Å². The number of carboxylic acid groups (broad SMARTS) is 1. The van der Waals surface area contributed by atoms with E-state index in [-0.39, 0.29) is 0 Å². The van der Waals surface area contributed by atoms with Gasteiger partial charge in [-0.15, -0.1) is 0 Å². The highest BCUT2D eigenvalue weighted by Crippen LogP contribution is 2.30. The Morgan fingerprint density at radius 1 is 1.28 bits per heavy atom. The molecule has 1 atom stereocenters. The van der Waals surface area contributed by atoms with Crippen LogP contribution in [0.25, 0.3) is 0 Å². The van der Waals surface area contributed by atoms with Crippen molar-refractivity contribution in [2.24, 2.45) is 5.92 Å². The van der Waals surface area contributed by atoms with Crippen LogP contribution in [0.2, 0.25) is 0 Å². The van der Waals surface area contributed by atoms with Crippen LogP contribution in [0.15, 0.2) is 12.1 Å². The Kier molecular flexibility index (Phi) is 5.01. The van der Waals surface area contributed by atoms with Crippen LogP contribution in [0.5, 0.6) is 11.5 Å². The fourth-order valence-electron chi connectivity index (χ4n) is 1.94. The molecular weight excluding hydrogens is 232 g/mol. The van der Waals surface area contributed by atoms with Gasteiger partial charge in [0.05, 0.1) is 20.1 Å². The van der Waals surface area contributed by atoms with Crippen molar-refractivity contribution in [2.45, 2.75) is 26.7 Å². The highest BCUT2D eigenvalue weighted by Gasteiger charge is 2.19. The first-order valence-electron chi connectivity index (χ1n) is 5.97. The Morgan fingerprint density at radius 3 is 2.33 bits per heavy atom. The van der Waals surface area contributed by atoms with Gasteiger partial charge in [0.25, 0.3) is 0 Å². The number of rotatable bonds is 6. The number of hydrogen-bond donors (Lipinski definition) is 1. The summed E-state index contributed by atoms with van der Waals surface area (Å²) in [5.41, 5.74) is 1.84. The van der Waals surface area contributed by atoms with Gasteiger partial charge in [-0.2, -0.15) is 0 Å². The molecule has 0 aromatic heterocycles. The zero-order chi connectivity index (χ0) is 13.7. The Hall–Kier alpha value is -1.71. The first-order chi connectivity index (χ1) is 8.53. The summed E-state index contributed by atoms with van der Waals surface area (Å²) in [5, 5.41) is 9.11. The minimum absolute atomic E-state index is 0.397. The predicted molar refractivity (Wildman–Crippen MR) is 69.4 cm³/mol. The van der Waals surface area contributed by atoms with E-state index < -0.39 is 11.9 Å². The molecule has 1 N–H and O–H groups in total. The number of carboxylic acids is 1. The third kappa shape index (κ3) is 3.15. The van der Waals surface area contributed by atoms with Crippen LogP contribution in [-0.4, -0.2) is 25.3 Å². The lowest BCUT2D eigenvalue weighted by Crippen LogP contribution is -2.16. The largest absolute Gasteiger partial charge is 0.496 e. The van der Waals surface area contributed by atoms with Crippen molar-refractivity contribution < 1.29 is 19.4 Å². The highest BCUT2D eigenvalue weighted by molar-refractivity contribution is 5.70. The number of aliphatic carboxylic acids is 1. The molecule has 0 bridgehead atoms. The number of ether oxygens (including phenoxy) is 2. The predicted octanol–water partition coefficient (Wildman–Crippen LogP) is 2.67. The van der Waals surface area contributed by atoms with Crippen molar-refractivity contribution in [2.75, 3.05) is 14.2 Å². The van der Waals surface area contributed by atoms with E-state index in [0.717, 1.165) is 16.9 Å². The topological polar surface area (TPSA) is 55.8 Å². The molecule has 1 unspecified atom stereocenters. The molecule has 0 fully saturated rings. The first kappa shape index (κ1) is 14.4. The second-order valence-corrected chi connectivity index (χ2v) is 4.28. The summed E-state index contributed by atoms with van der Waals surface area (Å²) >= 11 is 0. The van der Waals surface area contributed by atoms with Crippen molar-refractivity contribution >= 4 is 5.97 Å². The minimum atomic E-state index is -0.779. The number of methoxy groups -OCH3 is 2. The van der Waals surface area contributed by atoms with Crippen molar-refractivity contribution in [3.8, 4) is 11.5 Å².